The van der Waals surface area contributed by atoms with Crippen LogP contribution in [0.15, 0.2) is 5.38 Å². The minimum Gasteiger partial charge on any atom is -0.382 e. The lowest BCUT2D eigenvalue weighted by Gasteiger charge is -2.06. The van der Waals surface area contributed by atoms with E-state index in [9.17, 15) is 4.79 Å². The van der Waals surface area contributed by atoms with Crippen molar-refractivity contribution in [3.8, 4) is 0 Å². The lowest BCUT2D eigenvalue weighted by Crippen LogP contribution is -2.26. The molecule has 21 heavy (non-hydrogen) atoms. The number of nitrogens with zero attached hydrogens (tertiary/aromatic N) is 2. The molecule has 0 bridgehead atoms. The Bertz CT molecular complexity index is 647. The lowest BCUT2D eigenvalue weighted by molar-refractivity contribution is 0.0953. The first kappa shape index (κ1) is 14.3. The summed E-state index contributed by atoms with van der Waals surface area (Å²) in [6, 6.07) is 0.308. The van der Waals surface area contributed by atoms with Gasteiger partial charge in [0.15, 0.2) is 5.82 Å². The molecule has 1 saturated carbocycles. The van der Waals surface area contributed by atoms with Crippen LogP contribution in [0.2, 0.25) is 0 Å². The molecule has 6 nitrogen and oxygen atoms in total. The highest BCUT2D eigenvalue weighted by Crippen LogP contribution is 2.28. The molecule has 1 aliphatic carbocycles. The van der Waals surface area contributed by atoms with Gasteiger partial charge in [-0.1, -0.05) is 0 Å². The van der Waals surface area contributed by atoms with Crippen LogP contribution >= 0.6 is 22.9 Å². The Morgan fingerprint density at radius 2 is 2.33 bits per heavy atom. The van der Waals surface area contributed by atoms with Gasteiger partial charge >= 0.3 is 0 Å². The van der Waals surface area contributed by atoms with Gasteiger partial charge in [-0.05, 0) is 31.3 Å². The molecule has 0 unspecified atom stereocenters. The highest BCUT2D eigenvalue weighted by atomic mass is 32.1. The highest BCUT2D eigenvalue weighted by Gasteiger charge is 2.27. The average molecular weight is 323 g/mol. The summed E-state index contributed by atoms with van der Waals surface area (Å²) in [6.45, 7) is 2.69. The van der Waals surface area contributed by atoms with E-state index in [0.717, 1.165) is 35.0 Å². The number of nitrogens with one attached hydrogen (secondary N) is 2. The SMILES string of the molecule is Cc1csc(CCNc2snc(N)c2C(=O)NC2CC2)n1. The van der Waals surface area contributed by atoms with Crippen molar-refractivity contribution in [2.75, 3.05) is 17.6 Å². The topological polar surface area (TPSA) is 92.9 Å². The zero-order valence-electron chi connectivity index (χ0n) is 11.7. The van der Waals surface area contributed by atoms with E-state index in [-0.39, 0.29) is 5.91 Å². The lowest BCUT2D eigenvalue weighted by atomic mass is 10.3. The van der Waals surface area contributed by atoms with Crippen molar-refractivity contribution >= 4 is 39.6 Å². The standard InChI is InChI=1S/C13H17N5OS2/c1-7-6-20-9(16-7)4-5-15-13-10(11(14)18-21-13)12(19)17-8-2-3-8/h6,8,15H,2-5H2,1H3,(H2,14,18)(H,17,19). The highest BCUT2D eigenvalue weighted by molar-refractivity contribution is 7.11. The predicted molar refractivity (Wildman–Crippen MR) is 86.1 cm³/mol. The van der Waals surface area contributed by atoms with Gasteiger partial charge < -0.3 is 16.4 Å². The van der Waals surface area contributed by atoms with E-state index in [4.69, 9.17) is 5.73 Å². The van der Waals surface area contributed by atoms with Gasteiger partial charge in [-0.15, -0.1) is 11.3 Å². The van der Waals surface area contributed by atoms with Gasteiger partial charge in [0.2, 0.25) is 0 Å². The summed E-state index contributed by atoms with van der Waals surface area (Å²) >= 11 is 2.88. The number of aromatic nitrogens is 2. The fourth-order valence-electron chi connectivity index (χ4n) is 1.93. The van der Waals surface area contributed by atoms with Gasteiger partial charge in [0.1, 0.15) is 10.6 Å². The molecule has 0 aliphatic heterocycles. The molecule has 0 saturated heterocycles. The zero-order chi connectivity index (χ0) is 14.8. The summed E-state index contributed by atoms with van der Waals surface area (Å²) in [7, 11) is 0. The number of carbonyl (C=O) groups is 1. The Balaban J connectivity index is 1.60. The van der Waals surface area contributed by atoms with Crippen molar-refractivity contribution in [3.63, 3.8) is 0 Å². The predicted octanol–water partition coefficient (Wildman–Crippen LogP) is 2.04. The number of anilines is 2. The number of amides is 1. The second-order valence-electron chi connectivity index (χ2n) is 5.08. The average Bonchev–Trinajstić information content (AvgIpc) is 3.03. The van der Waals surface area contributed by atoms with Crippen LogP contribution in [0.5, 0.6) is 0 Å². The summed E-state index contributed by atoms with van der Waals surface area (Å²) in [5, 5.41) is 10.1. The van der Waals surface area contributed by atoms with Crippen LogP contribution in [0.25, 0.3) is 0 Å². The van der Waals surface area contributed by atoms with Crippen molar-refractivity contribution in [3.05, 3.63) is 21.6 Å². The minimum absolute atomic E-state index is 0.128. The first-order chi connectivity index (χ1) is 10.1. The van der Waals surface area contributed by atoms with E-state index in [2.05, 4.69) is 20.0 Å². The molecule has 0 aromatic carbocycles. The van der Waals surface area contributed by atoms with Gasteiger partial charge in [-0.3, -0.25) is 4.79 Å². The van der Waals surface area contributed by atoms with E-state index in [1.54, 1.807) is 11.3 Å². The zero-order valence-corrected chi connectivity index (χ0v) is 13.3. The summed E-state index contributed by atoms with van der Waals surface area (Å²) in [5.41, 5.74) is 7.33. The first-order valence-electron chi connectivity index (χ1n) is 6.84. The van der Waals surface area contributed by atoms with Gasteiger partial charge in [-0.25, -0.2) is 4.98 Å². The first-order valence-corrected chi connectivity index (χ1v) is 8.49. The second kappa shape index (κ2) is 5.98. The van der Waals surface area contributed by atoms with Crippen molar-refractivity contribution in [2.45, 2.75) is 32.2 Å². The summed E-state index contributed by atoms with van der Waals surface area (Å²) in [4.78, 5) is 16.6. The quantitative estimate of drug-likeness (QED) is 0.756. The summed E-state index contributed by atoms with van der Waals surface area (Å²) in [6.07, 6.45) is 2.92. The molecule has 8 heteroatoms. The fraction of sp³-hybridized carbons (Fsp3) is 0.462. The smallest absolute Gasteiger partial charge is 0.258 e. The number of aryl methyl sites for hydroxylation is 1. The molecule has 2 aromatic rings. The fourth-order valence-corrected chi connectivity index (χ4v) is 3.44. The molecular weight excluding hydrogens is 306 g/mol. The summed E-state index contributed by atoms with van der Waals surface area (Å²) in [5.74, 6) is 0.169. The number of thiazole rings is 1. The van der Waals surface area contributed by atoms with Crippen molar-refractivity contribution < 1.29 is 4.79 Å². The Morgan fingerprint density at radius 3 is 3.00 bits per heavy atom. The van der Waals surface area contributed by atoms with E-state index < -0.39 is 0 Å². The van der Waals surface area contributed by atoms with Crippen molar-refractivity contribution in [1.82, 2.24) is 14.7 Å². The van der Waals surface area contributed by atoms with Crippen LogP contribution in [0, 0.1) is 6.92 Å². The van der Waals surface area contributed by atoms with Crippen LogP contribution < -0.4 is 16.4 Å². The van der Waals surface area contributed by atoms with Crippen LogP contribution in [0.1, 0.15) is 33.9 Å². The Morgan fingerprint density at radius 1 is 1.52 bits per heavy atom. The van der Waals surface area contributed by atoms with Crippen molar-refractivity contribution in [2.24, 2.45) is 0 Å². The Hall–Kier alpha value is -1.67. The van der Waals surface area contributed by atoms with E-state index >= 15 is 0 Å². The number of carbonyl (C=O) groups excluding carboxylic acids is 1. The molecule has 2 aromatic heterocycles. The molecule has 0 radical (unpaired) electrons. The molecule has 112 valence electrons. The van der Waals surface area contributed by atoms with E-state index in [0.29, 0.717) is 24.0 Å². The number of nitrogens with two attached hydrogens (primary N) is 1. The van der Waals surface area contributed by atoms with E-state index in [1.807, 2.05) is 12.3 Å². The molecule has 4 N–H and O–H groups in total. The molecule has 0 atom stereocenters. The Labute approximate surface area is 130 Å². The van der Waals surface area contributed by atoms with Gasteiger partial charge in [-0.2, -0.15) is 4.37 Å². The molecule has 1 amide bonds. The third-order valence-electron chi connectivity index (χ3n) is 3.15. The number of hydrogen-bond acceptors (Lipinski definition) is 7. The number of rotatable bonds is 6. The van der Waals surface area contributed by atoms with Crippen LogP contribution in [0.4, 0.5) is 10.8 Å². The maximum Gasteiger partial charge on any atom is 0.258 e. The normalized spacial score (nSPS) is 14.1. The van der Waals surface area contributed by atoms with E-state index in [1.165, 1.54) is 11.5 Å². The third kappa shape index (κ3) is 3.51. The maximum absolute atomic E-state index is 12.2. The van der Waals surface area contributed by atoms with Crippen LogP contribution in [-0.2, 0) is 6.42 Å². The largest absolute Gasteiger partial charge is 0.382 e. The van der Waals surface area contributed by atoms with Crippen molar-refractivity contribution in [1.29, 1.82) is 0 Å². The Kier molecular flexibility index (Phi) is 4.07. The maximum atomic E-state index is 12.2. The number of nitrogen functional groups attached to an aromatic ring is 1. The van der Waals surface area contributed by atoms with Crippen LogP contribution in [-0.4, -0.2) is 27.9 Å². The minimum atomic E-state index is -0.128. The summed E-state index contributed by atoms with van der Waals surface area (Å²) < 4.78 is 4.08. The van der Waals surface area contributed by atoms with Gasteiger partial charge in [0.05, 0.1) is 5.01 Å². The monoisotopic (exact) mass is 323 g/mol. The third-order valence-corrected chi connectivity index (χ3v) is 4.99. The number of hydrogen-bond donors (Lipinski definition) is 3. The molecule has 1 fully saturated rings. The van der Waals surface area contributed by atoms with Gasteiger partial charge in [0, 0.05) is 30.1 Å². The molecule has 2 heterocycles. The molecular formula is C13H17N5OS2. The molecule has 3 rings (SSSR count). The second-order valence-corrected chi connectivity index (χ2v) is 6.80. The van der Waals surface area contributed by atoms with Crippen LogP contribution in [0.3, 0.4) is 0 Å². The molecule has 0 spiro atoms. The van der Waals surface area contributed by atoms with Gasteiger partial charge in [0.25, 0.3) is 5.91 Å². The molecule has 1 aliphatic rings.